The van der Waals surface area contributed by atoms with Crippen LogP contribution < -0.4 is 15.8 Å². The third kappa shape index (κ3) is 5.05. The highest BCUT2D eigenvalue weighted by atomic mass is 16.5. The second kappa shape index (κ2) is 8.82. The number of hydrogen-bond acceptors (Lipinski definition) is 5. The van der Waals surface area contributed by atoms with Crippen LogP contribution in [0.3, 0.4) is 0 Å². The van der Waals surface area contributed by atoms with Crippen LogP contribution in [0.2, 0.25) is 0 Å². The number of ether oxygens (including phenoxy) is 1. The molecule has 0 unspecified atom stereocenters. The number of hydrogen-bond donors (Lipinski definition) is 3. The lowest BCUT2D eigenvalue weighted by Gasteiger charge is -2.09. The lowest BCUT2D eigenvalue weighted by atomic mass is 10.1. The van der Waals surface area contributed by atoms with Gasteiger partial charge in [0.05, 0.1) is 5.56 Å². The third-order valence-corrected chi connectivity index (χ3v) is 3.95. The minimum absolute atomic E-state index is 0.0119. The first-order valence-corrected chi connectivity index (χ1v) is 8.62. The number of anilines is 1. The summed E-state index contributed by atoms with van der Waals surface area (Å²) >= 11 is 0. The fraction of sp³-hybridized carbons (Fsp3) is 0.143. The van der Waals surface area contributed by atoms with Gasteiger partial charge in [-0.1, -0.05) is 30.3 Å². The van der Waals surface area contributed by atoms with Gasteiger partial charge < -0.3 is 20.9 Å². The molecule has 0 aliphatic carbocycles. The number of pyridine rings is 1. The highest BCUT2D eigenvalue weighted by Crippen LogP contribution is 2.21. The van der Waals surface area contributed by atoms with E-state index in [0.717, 1.165) is 17.1 Å². The van der Waals surface area contributed by atoms with Crippen molar-refractivity contribution in [1.82, 2.24) is 10.3 Å². The summed E-state index contributed by atoms with van der Waals surface area (Å²) in [5, 5.41) is 11.8. The standard InChI is InChI=1S/C21H21N3O3/c22-20-19(11-8-16(24-20)12-13-25)21(26)23-14-15-6-9-18(10-7-15)27-17-4-2-1-3-5-17/h1-11,25H,12-14H2,(H2,22,24)(H,23,26). The molecule has 4 N–H and O–H groups in total. The summed E-state index contributed by atoms with van der Waals surface area (Å²) in [5.41, 5.74) is 7.76. The summed E-state index contributed by atoms with van der Waals surface area (Å²) in [4.78, 5) is 16.4. The molecule has 0 bridgehead atoms. The Balaban J connectivity index is 1.57. The highest BCUT2D eigenvalue weighted by molar-refractivity contribution is 5.98. The third-order valence-electron chi connectivity index (χ3n) is 3.95. The molecule has 1 amide bonds. The van der Waals surface area contributed by atoms with E-state index >= 15 is 0 Å². The topological polar surface area (TPSA) is 97.5 Å². The lowest BCUT2D eigenvalue weighted by Crippen LogP contribution is -2.24. The van der Waals surface area contributed by atoms with Crippen molar-refractivity contribution in [3.8, 4) is 11.5 Å². The number of nitrogens with two attached hydrogens (primary N) is 1. The molecule has 138 valence electrons. The summed E-state index contributed by atoms with van der Waals surface area (Å²) in [6.45, 7) is 0.351. The van der Waals surface area contributed by atoms with Crippen molar-refractivity contribution in [3.63, 3.8) is 0 Å². The number of para-hydroxylation sites is 1. The number of carbonyl (C=O) groups excluding carboxylic acids is 1. The van der Waals surface area contributed by atoms with Gasteiger partial charge in [0.1, 0.15) is 17.3 Å². The molecule has 6 nitrogen and oxygen atoms in total. The largest absolute Gasteiger partial charge is 0.457 e. The van der Waals surface area contributed by atoms with Gasteiger partial charge in [0.15, 0.2) is 0 Å². The molecule has 3 rings (SSSR count). The zero-order valence-electron chi connectivity index (χ0n) is 14.8. The van der Waals surface area contributed by atoms with Crippen LogP contribution in [0.1, 0.15) is 21.6 Å². The van der Waals surface area contributed by atoms with Crippen LogP contribution in [0.5, 0.6) is 11.5 Å². The molecule has 0 aliphatic heterocycles. The SMILES string of the molecule is Nc1nc(CCO)ccc1C(=O)NCc1ccc(Oc2ccccc2)cc1. The van der Waals surface area contributed by atoms with Gasteiger partial charge in [-0.3, -0.25) is 4.79 Å². The molecule has 1 aromatic heterocycles. The van der Waals surface area contributed by atoms with E-state index in [4.69, 9.17) is 15.6 Å². The van der Waals surface area contributed by atoms with Gasteiger partial charge >= 0.3 is 0 Å². The molecule has 0 saturated carbocycles. The van der Waals surface area contributed by atoms with E-state index in [2.05, 4.69) is 10.3 Å². The van der Waals surface area contributed by atoms with Crippen LogP contribution in [-0.2, 0) is 13.0 Å². The average Bonchev–Trinajstić information content (AvgIpc) is 2.68. The van der Waals surface area contributed by atoms with Crippen molar-refractivity contribution in [3.05, 3.63) is 83.6 Å². The fourth-order valence-electron chi connectivity index (χ4n) is 2.54. The zero-order valence-corrected chi connectivity index (χ0v) is 14.8. The first-order valence-electron chi connectivity index (χ1n) is 8.62. The van der Waals surface area contributed by atoms with E-state index in [1.807, 2.05) is 54.6 Å². The van der Waals surface area contributed by atoms with Gasteiger partial charge in [-0.05, 0) is 42.0 Å². The van der Waals surface area contributed by atoms with Crippen LogP contribution in [0, 0.1) is 0 Å². The Bertz CT molecular complexity index is 896. The predicted molar refractivity (Wildman–Crippen MR) is 104 cm³/mol. The van der Waals surface area contributed by atoms with Crippen molar-refractivity contribution < 1.29 is 14.6 Å². The van der Waals surface area contributed by atoms with E-state index in [0.29, 0.717) is 24.2 Å². The van der Waals surface area contributed by atoms with E-state index < -0.39 is 0 Å². The fourth-order valence-corrected chi connectivity index (χ4v) is 2.54. The quantitative estimate of drug-likeness (QED) is 0.600. The number of aliphatic hydroxyl groups excluding tert-OH is 1. The van der Waals surface area contributed by atoms with Gasteiger partial charge in [-0.2, -0.15) is 0 Å². The molecular weight excluding hydrogens is 342 g/mol. The molecule has 2 aromatic carbocycles. The number of amides is 1. The maximum atomic E-state index is 12.3. The Morgan fingerprint density at radius 3 is 2.37 bits per heavy atom. The van der Waals surface area contributed by atoms with Gasteiger partial charge in [0, 0.05) is 25.3 Å². The van der Waals surface area contributed by atoms with Gasteiger partial charge in [-0.15, -0.1) is 0 Å². The minimum Gasteiger partial charge on any atom is -0.457 e. The highest BCUT2D eigenvalue weighted by Gasteiger charge is 2.11. The van der Waals surface area contributed by atoms with Gasteiger partial charge in [-0.25, -0.2) is 4.98 Å². The van der Waals surface area contributed by atoms with E-state index in [9.17, 15) is 4.79 Å². The zero-order chi connectivity index (χ0) is 19.1. The number of benzene rings is 2. The predicted octanol–water partition coefficient (Wildman–Crippen LogP) is 2.92. The summed E-state index contributed by atoms with van der Waals surface area (Å²) in [5.74, 6) is 1.36. The van der Waals surface area contributed by atoms with Crippen LogP contribution in [0.15, 0.2) is 66.7 Å². The Hall–Kier alpha value is -3.38. The molecule has 0 radical (unpaired) electrons. The number of aromatic nitrogens is 1. The van der Waals surface area contributed by atoms with Gasteiger partial charge in [0.2, 0.25) is 0 Å². The van der Waals surface area contributed by atoms with Crippen LogP contribution in [0.4, 0.5) is 5.82 Å². The number of rotatable bonds is 7. The molecular formula is C21H21N3O3. The molecule has 27 heavy (non-hydrogen) atoms. The van der Waals surface area contributed by atoms with Crippen molar-refractivity contribution in [2.45, 2.75) is 13.0 Å². The van der Waals surface area contributed by atoms with Crippen LogP contribution in [0.25, 0.3) is 0 Å². The Morgan fingerprint density at radius 1 is 1.00 bits per heavy atom. The van der Waals surface area contributed by atoms with E-state index in [-0.39, 0.29) is 18.3 Å². The van der Waals surface area contributed by atoms with E-state index in [1.54, 1.807) is 12.1 Å². The number of carbonyl (C=O) groups is 1. The lowest BCUT2D eigenvalue weighted by molar-refractivity contribution is 0.0951. The molecule has 0 fully saturated rings. The summed E-state index contributed by atoms with van der Waals surface area (Å²) in [6, 6.07) is 20.3. The summed E-state index contributed by atoms with van der Waals surface area (Å²) < 4.78 is 5.75. The normalized spacial score (nSPS) is 10.4. The molecule has 0 aliphatic rings. The number of aliphatic hydroxyl groups is 1. The molecule has 0 saturated heterocycles. The monoisotopic (exact) mass is 363 g/mol. The van der Waals surface area contributed by atoms with Crippen molar-refractivity contribution in [2.75, 3.05) is 12.3 Å². The molecule has 6 heteroatoms. The summed E-state index contributed by atoms with van der Waals surface area (Å²) in [7, 11) is 0. The molecule has 0 atom stereocenters. The minimum atomic E-state index is -0.292. The molecule has 1 heterocycles. The molecule has 3 aromatic rings. The van der Waals surface area contributed by atoms with E-state index in [1.165, 1.54) is 0 Å². The van der Waals surface area contributed by atoms with Crippen LogP contribution in [-0.4, -0.2) is 22.6 Å². The number of nitrogens with one attached hydrogen (secondary N) is 1. The summed E-state index contributed by atoms with van der Waals surface area (Å²) in [6.07, 6.45) is 0.406. The van der Waals surface area contributed by atoms with Crippen LogP contribution >= 0.6 is 0 Å². The first kappa shape index (κ1) is 18.4. The van der Waals surface area contributed by atoms with Crippen molar-refractivity contribution in [2.24, 2.45) is 0 Å². The average molecular weight is 363 g/mol. The number of nitrogen functional groups attached to an aromatic ring is 1. The maximum absolute atomic E-state index is 12.3. The Kier molecular flexibility index (Phi) is 6.02. The van der Waals surface area contributed by atoms with Crippen molar-refractivity contribution in [1.29, 1.82) is 0 Å². The van der Waals surface area contributed by atoms with Crippen molar-refractivity contribution >= 4 is 11.7 Å². The second-order valence-electron chi connectivity index (χ2n) is 5.95. The first-order chi connectivity index (χ1) is 13.2. The second-order valence-corrected chi connectivity index (χ2v) is 5.95. The number of nitrogens with zero attached hydrogens (tertiary/aromatic N) is 1. The Labute approximate surface area is 157 Å². The van der Waals surface area contributed by atoms with Gasteiger partial charge in [0.25, 0.3) is 5.91 Å². The maximum Gasteiger partial charge on any atom is 0.255 e. The smallest absolute Gasteiger partial charge is 0.255 e. The Morgan fingerprint density at radius 2 is 1.70 bits per heavy atom. The molecule has 0 spiro atoms.